The van der Waals surface area contributed by atoms with Crippen molar-refractivity contribution in [3.63, 3.8) is 0 Å². The standard InChI is InChI=1S/C22H30N4O3/c1-13-5-8-18-19(26(13)14(2)27)10-9-17(15(11-23)12-25-16-6-7-16)20(18)29-22(3,4)21(24)28/h9-13,16,23,25H,5-8H2,1-4H3,(H2,24,28)/b15-12+,23-11?/t13-/m0/s1. The van der Waals surface area contributed by atoms with Crippen LogP contribution in [0.15, 0.2) is 18.3 Å². The fourth-order valence-electron chi connectivity index (χ4n) is 3.59. The third-order valence-electron chi connectivity index (χ3n) is 5.56. The first-order valence-corrected chi connectivity index (χ1v) is 10.1. The normalized spacial score (nSPS) is 19.4. The Balaban J connectivity index is 2.15. The molecule has 1 aromatic rings. The monoisotopic (exact) mass is 398 g/mol. The molecule has 7 heteroatoms. The Hall–Kier alpha value is -2.83. The molecule has 0 radical (unpaired) electrons. The van der Waals surface area contributed by atoms with Gasteiger partial charge in [-0.05, 0) is 58.6 Å². The number of allylic oxidation sites excluding steroid dienone is 1. The average molecular weight is 399 g/mol. The quantitative estimate of drug-likeness (QED) is 0.614. The van der Waals surface area contributed by atoms with E-state index in [1.54, 1.807) is 25.7 Å². The van der Waals surface area contributed by atoms with Crippen molar-refractivity contribution in [3.05, 3.63) is 29.5 Å². The number of carbonyl (C=O) groups is 2. The van der Waals surface area contributed by atoms with E-state index < -0.39 is 11.5 Å². The van der Waals surface area contributed by atoms with E-state index in [-0.39, 0.29) is 11.9 Å². The summed E-state index contributed by atoms with van der Waals surface area (Å²) >= 11 is 0. The molecule has 2 aliphatic rings. The zero-order valence-electron chi connectivity index (χ0n) is 17.5. The van der Waals surface area contributed by atoms with E-state index in [0.29, 0.717) is 29.3 Å². The maximum absolute atomic E-state index is 12.3. The molecular weight excluding hydrogens is 368 g/mol. The number of ether oxygens (including phenoxy) is 1. The van der Waals surface area contributed by atoms with Gasteiger partial charge in [0.05, 0.1) is 5.69 Å². The van der Waals surface area contributed by atoms with E-state index in [9.17, 15) is 9.59 Å². The van der Waals surface area contributed by atoms with E-state index in [1.165, 1.54) is 6.21 Å². The van der Waals surface area contributed by atoms with Crippen LogP contribution in [-0.4, -0.2) is 35.7 Å². The number of anilines is 1. The number of fused-ring (bicyclic) bond motifs is 1. The lowest BCUT2D eigenvalue weighted by atomic mass is 9.91. The van der Waals surface area contributed by atoms with Gasteiger partial charge < -0.3 is 26.1 Å². The van der Waals surface area contributed by atoms with E-state index in [4.69, 9.17) is 15.9 Å². The van der Waals surface area contributed by atoms with Crippen molar-refractivity contribution < 1.29 is 14.3 Å². The highest BCUT2D eigenvalue weighted by Gasteiger charge is 2.34. The summed E-state index contributed by atoms with van der Waals surface area (Å²) in [5.41, 5.74) is 7.34. The van der Waals surface area contributed by atoms with E-state index >= 15 is 0 Å². The lowest BCUT2D eigenvalue weighted by Crippen LogP contribution is -2.44. The molecule has 0 aromatic heterocycles. The molecule has 1 aromatic carbocycles. The lowest BCUT2D eigenvalue weighted by molar-refractivity contribution is -0.130. The molecule has 0 saturated heterocycles. The SMILES string of the molecule is CC(=O)N1c2ccc(/C(C=N)=C/NC3CC3)c(OC(C)(C)C(N)=O)c2CC[C@@H]1C. The third-order valence-corrected chi connectivity index (χ3v) is 5.56. The van der Waals surface area contributed by atoms with Gasteiger partial charge in [-0.15, -0.1) is 0 Å². The zero-order valence-corrected chi connectivity index (χ0v) is 17.5. The summed E-state index contributed by atoms with van der Waals surface area (Å²) in [6, 6.07) is 4.28. The van der Waals surface area contributed by atoms with E-state index in [2.05, 4.69) is 5.32 Å². The predicted molar refractivity (Wildman–Crippen MR) is 114 cm³/mol. The van der Waals surface area contributed by atoms with Crippen LogP contribution < -0.4 is 20.7 Å². The molecule has 1 heterocycles. The minimum atomic E-state index is -1.23. The molecule has 3 rings (SSSR count). The number of hydrogen-bond acceptors (Lipinski definition) is 5. The van der Waals surface area contributed by atoms with Crippen LogP contribution in [0.2, 0.25) is 0 Å². The van der Waals surface area contributed by atoms with Crippen molar-refractivity contribution >= 4 is 29.3 Å². The molecule has 29 heavy (non-hydrogen) atoms. The van der Waals surface area contributed by atoms with Crippen LogP contribution in [0.5, 0.6) is 5.75 Å². The van der Waals surface area contributed by atoms with Gasteiger partial charge in [0.1, 0.15) is 5.75 Å². The van der Waals surface area contributed by atoms with Crippen molar-refractivity contribution in [3.8, 4) is 5.75 Å². The molecule has 1 saturated carbocycles. The Morgan fingerprint density at radius 3 is 2.55 bits per heavy atom. The highest BCUT2D eigenvalue weighted by atomic mass is 16.5. The first-order valence-electron chi connectivity index (χ1n) is 10.1. The van der Waals surface area contributed by atoms with Crippen LogP contribution in [0, 0.1) is 5.41 Å². The number of amides is 2. The highest BCUT2D eigenvalue weighted by molar-refractivity contribution is 6.10. The number of primary amides is 1. The Morgan fingerprint density at radius 2 is 2.00 bits per heavy atom. The van der Waals surface area contributed by atoms with Gasteiger partial charge >= 0.3 is 0 Å². The van der Waals surface area contributed by atoms with Crippen molar-refractivity contribution in [1.29, 1.82) is 5.41 Å². The van der Waals surface area contributed by atoms with Crippen LogP contribution >= 0.6 is 0 Å². The second-order valence-electron chi connectivity index (χ2n) is 8.38. The van der Waals surface area contributed by atoms with Gasteiger partial charge in [0.2, 0.25) is 5.91 Å². The van der Waals surface area contributed by atoms with Gasteiger partial charge in [-0.2, -0.15) is 0 Å². The zero-order chi connectivity index (χ0) is 21.3. The van der Waals surface area contributed by atoms with Crippen LogP contribution in [0.3, 0.4) is 0 Å². The van der Waals surface area contributed by atoms with Gasteiger partial charge in [-0.1, -0.05) is 0 Å². The molecule has 156 valence electrons. The number of nitrogens with one attached hydrogen (secondary N) is 2. The molecule has 0 unspecified atom stereocenters. The topological polar surface area (TPSA) is 109 Å². The Bertz CT molecular complexity index is 871. The summed E-state index contributed by atoms with van der Waals surface area (Å²) in [7, 11) is 0. The number of nitrogens with zero attached hydrogens (tertiary/aromatic N) is 1. The molecule has 1 aliphatic carbocycles. The molecule has 0 bridgehead atoms. The first-order chi connectivity index (χ1) is 13.7. The van der Waals surface area contributed by atoms with Gasteiger partial charge in [0.15, 0.2) is 5.60 Å². The van der Waals surface area contributed by atoms with Crippen LogP contribution in [0.1, 0.15) is 58.1 Å². The summed E-state index contributed by atoms with van der Waals surface area (Å²) in [5, 5.41) is 11.2. The summed E-state index contributed by atoms with van der Waals surface area (Å²) in [6.07, 6.45) is 6.83. The summed E-state index contributed by atoms with van der Waals surface area (Å²) in [6.45, 7) is 6.83. The van der Waals surface area contributed by atoms with E-state index in [1.807, 2.05) is 25.3 Å². The van der Waals surface area contributed by atoms with Gasteiger partial charge in [-0.3, -0.25) is 9.59 Å². The lowest BCUT2D eigenvalue weighted by Gasteiger charge is -2.37. The summed E-state index contributed by atoms with van der Waals surface area (Å²) in [5.74, 6) is -0.105. The number of benzene rings is 1. The van der Waals surface area contributed by atoms with Gasteiger partial charge in [-0.25, -0.2) is 0 Å². The molecular formula is C22H30N4O3. The van der Waals surface area contributed by atoms with Crippen molar-refractivity contribution in [2.45, 2.75) is 71.1 Å². The Labute approximate surface area is 171 Å². The van der Waals surface area contributed by atoms with Crippen LogP contribution in [0.25, 0.3) is 5.57 Å². The molecule has 2 amide bonds. The van der Waals surface area contributed by atoms with Crippen LogP contribution in [-0.2, 0) is 16.0 Å². The average Bonchev–Trinajstić information content (AvgIpc) is 3.47. The predicted octanol–water partition coefficient (Wildman–Crippen LogP) is 2.76. The van der Waals surface area contributed by atoms with Crippen molar-refractivity contribution in [1.82, 2.24) is 5.32 Å². The number of carbonyl (C=O) groups excluding carboxylic acids is 2. The Kier molecular flexibility index (Phi) is 5.68. The summed E-state index contributed by atoms with van der Waals surface area (Å²) < 4.78 is 6.18. The van der Waals surface area contributed by atoms with Crippen LogP contribution in [0.4, 0.5) is 5.69 Å². The smallest absolute Gasteiger partial charge is 0.261 e. The molecule has 1 atom stereocenters. The Morgan fingerprint density at radius 1 is 1.31 bits per heavy atom. The fraction of sp³-hybridized carbons (Fsp3) is 0.500. The molecule has 1 fully saturated rings. The maximum Gasteiger partial charge on any atom is 0.261 e. The van der Waals surface area contributed by atoms with Gasteiger partial charge in [0, 0.05) is 48.1 Å². The minimum Gasteiger partial charge on any atom is -0.477 e. The minimum absolute atomic E-state index is 0.0375. The van der Waals surface area contributed by atoms with Crippen molar-refractivity contribution in [2.24, 2.45) is 5.73 Å². The number of nitrogens with two attached hydrogens (primary N) is 1. The molecule has 0 spiro atoms. The van der Waals surface area contributed by atoms with Gasteiger partial charge in [0.25, 0.3) is 5.91 Å². The highest BCUT2D eigenvalue weighted by Crippen LogP contribution is 2.42. The summed E-state index contributed by atoms with van der Waals surface area (Å²) in [4.78, 5) is 26.0. The second-order valence-corrected chi connectivity index (χ2v) is 8.38. The third kappa shape index (κ3) is 4.28. The molecule has 4 N–H and O–H groups in total. The van der Waals surface area contributed by atoms with E-state index in [0.717, 1.165) is 30.5 Å². The maximum atomic E-state index is 12.3. The molecule has 7 nitrogen and oxygen atoms in total. The number of hydrogen-bond donors (Lipinski definition) is 3. The molecule has 1 aliphatic heterocycles. The van der Waals surface area contributed by atoms with Crippen molar-refractivity contribution in [2.75, 3.05) is 4.90 Å². The second kappa shape index (κ2) is 7.89. The number of rotatable bonds is 7. The first kappa shape index (κ1) is 20.9. The fourth-order valence-corrected chi connectivity index (χ4v) is 3.59. The largest absolute Gasteiger partial charge is 0.477 e.